The Labute approximate surface area is 181 Å². The van der Waals surface area contributed by atoms with Crippen molar-refractivity contribution in [2.24, 2.45) is 0 Å². The standard InChI is InChI=1S/C20H16N4O4S.ClH/c25-14-9-24(8-5-13-21-6-7-22-13)19(28)20(23-14)10-29-18-15(20)16(26)11-3-1-2-4-12(11)17(18)27;/h1-4,6-7H,5,8-10H2,(H,21,22)(H,23,25);1H. The van der Waals surface area contributed by atoms with Crippen molar-refractivity contribution in [3.63, 3.8) is 0 Å². The Bertz CT molecular complexity index is 1110. The van der Waals surface area contributed by atoms with Crippen LogP contribution in [0.25, 0.3) is 0 Å². The van der Waals surface area contributed by atoms with Gasteiger partial charge in [0.1, 0.15) is 5.82 Å². The molecule has 8 nitrogen and oxygen atoms in total. The summed E-state index contributed by atoms with van der Waals surface area (Å²) in [7, 11) is 0. The molecule has 1 aromatic carbocycles. The summed E-state index contributed by atoms with van der Waals surface area (Å²) in [5.74, 6) is -0.519. The van der Waals surface area contributed by atoms with Gasteiger partial charge < -0.3 is 15.2 Å². The fraction of sp³-hybridized carbons (Fsp3) is 0.250. The summed E-state index contributed by atoms with van der Waals surface area (Å²) in [4.78, 5) is 60.9. The summed E-state index contributed by atoms with van der Waals surface area (Å²) in [5, 5.41) is 2.74. The van der Waals surface area contributed by atoms with Gasteiger partial charge in [0.25, 0.3) is 5.91 Å². The Kier molecular flexibility index (Phi) is 5.03. The van der Waals surface area contributed by atoms with E-state index < -0.39 is 5.54 Å². The Balaban J connectivity index is 0.00000218. The number of fused-ring (bicyclic) bond motifs is 2. The van der Waals surface area contributed by atoms with Crippen LogP contribution < -0.4 is 5.32 Å². The number of Topliss-reactive ketones (excluding diaryl/α,β-unsaturated/α-hetero) is 2. The van der Waals surface area contributed by atoms with E-state index in [-0.39, 0.29) is 70.7 Å². The SMILES string of the molecule is Cl.O=C1CN(CCc2ncc[nH]2)C(=O)C2(CSC3=C2C(=O)c2ccccc2C3=O)N1. The molecule has 2 aromatic rings. The number of nitrogens with one attached hydrogen (secondary N) is 2. The number of H-pyrrole nitrogens is 1. The van der Waals surface area contributed by atoms with E-state index in [1.54, 1.807) is 36.7 Å². The average molecular weight is 445 g/mol. The number of ketones is 2. The van der Waals surface area contributed by atoms with Gasteiger partial charge in [-0.2, -0.15) is 0 Å². The van der Waals surface area contributed by atoms with Crippen LogP contribution in [-0.4, -0.2) is 62.6 Å². The minimum atomic E-state index is -1.50. The number of allylic oxidation sites excluding steroid dienone is 1. The molecule has 1 aliphatic carbocycles. The maximum absolute atomic E-state index is 13.4. The van der Waals surface area contributed by atoms with Gasteiger partial charge in [-0.25, -0.2) is 4.98 Å². The molecule has 3 aliphatic rings. The molecular formula is C20H17ClN4O4S. The molecule has 1 aromatic heterocycles. The minimum Gasteiger partial charge on any atom is -0.349 e. The van der Waals surface area contributed by atoms with Crippen molar-refractivity contribution in [1.82, 2.24) is 20.2 Å². The first-order chi connectivity index (χ1) is 14.0. The highest BCUT2D eigenvalue weighted by Gasteiger charge is 2.58. The van der Waals surface area contributed by atoms with Crippen LogP contribution in [-0.2, 0) is 16.0 Å². The lowest BCUT2D eigenvalue weighted by molar-refractivity contribution is -0.147. The van der Waals surface area contributed by atoms with E-state index >= 15 is 0 Å². The third-order valence-corrected chi connectivity index (χ3v) is 6.70. The van der Waals surface area contributed by atoms with Gasteiger partial charge in [-0.15, -0.1) is 24.2 Å². The Morgan fingerprint density at radius 2 is 1.83 bits per heavy atom. The second kappa shape index (κ2) is 7.41. The number of carbonyl (C=O) groups is 4. The van der Waals surface area contributed by atoms with Gasteiger partial charge in [-0.1, -0.05) is 24.3 Å². The van der Waals surface area contributed by atoms with Gasteiger partial charge >= 0.3 is 0 Å². The molecule has 5 rings (SSSR count). The van der Waals surface area contributed by atoms with Crippen LogP contribution in [0.15, 0.2) is 47.1 Å². The predicted octanol–water partition coefficient (Wildman–Crippen LogP) is 1.15. The van der Waals surface area contributed by atoms with E-state index in [2.05, 4.69) is 15.3 Å². The van der Waals surface area contributed by atoms with Crippen molar-refractivity contribution < 1.29 is 19.2 Å². The van der Waals surface area contributed by atoms with Crippen molar-refractivity contribution in [3.05, 3.63) is 64.1 Å². The van der Waals surface area contributed by atoms with Gasteiger partial charge in [0, 0.05) is 42.2 Å². The summed E-state index contributed by atoms with van der Waals surface area (Å²) in [6, 6.07) is 6.58. The minimum absolute atomic E-state index is 0. The fourth-order valence-electron chi connectivity index (χ4n) is 4.10. The summed E-state index contributed by atoms with van der Waals surface area (Å²) in [6.07, 6.45) is 3.77. The molecule has 1 atom stereocenters. The number of benzene rings is 1. The number of thioether (sulfide) groups is 1. The molecule has 2 N–H and O–H groups in total. The number of carbonyl (C=O) groups excluding carboxylic acids is 4. The highest BCUT2D eigenvalue weighted by molar-refractivity contribution is 8.04. The molecule has 0 bridgehead atoms. The number of rotatable bonds is 3. The molecule has 10 heteroatoms. The van der Waals surface area contributed by atoms with Gasteiger partial charge in [0.05, 0.1) is 17.0 Å². The predicted molar refractivity (Wildman–Crippen MR) is 112 cm³/mol. The topological polar surface area (TPSA) is 112 Å². The number of nitrogens with zero attached hydrogens (tertiary/aromatic N) is 2. The van der Waals surface area contributed by atoms with E-state index in [0.29, 0.717) is 17.8 Å². The average Bonchev–Trinajstić information content (AvgIpc) is 3.37. The molecule has 154 valence electrons. The number of halogens is 1. The quantitative estimate of drug-likeness (QED) is 0.734. The molecule has 0 saturated carbocycles. The van der Waals surface area contributed by atoms with E-state index in [1.807, 2.05) is 0 Å². The summed E-state index contributed by atoms with van der Waals surface area (Å²) in [6.45, 7) is 0.195. The van der Waals surface area contributed by atoms with Crippen molar-refractivity contribution in [3.8, 4) is 0 Å². The van der Waals surface area contributed by atoms with E-state index in [4.69, 9.17) is 0 Å². The second-order valence-corrected chi connectivity index (χ2v) is 8.15. The van der Waals surface area contributed by atoms with Crippen LogP contribution in [0.2, 0.25) is 0 Å². The molecule has 1 unspecified atom stereocenters. The number of amides is 2. The third kappa shape index (κ3) is 2.88. The summed E-state index contributed by atoms with van der Waals surface area (Å²) < 4.78 is 0. The van der Waals surface area contributed by atoms with Gasteiger partial charge in [0.15, 0.2) is 11.3 Å². The number of aromatic amines is 1. The smallest absolute Gasteiger partial charge is 0.254 e. The Morgan fingerprint density at radius 1 is 1.10 bits per heavy atom. The molecular weight excluding hydrogens is 428 g/mol. The fourth-order valence-corrected chi connectivity index (χ4v) is 5.45. The lowest BCUT2D eigenvalue weighted by Gasteiger charge is -2.40. The number of hydrogen-bond donors (Lipinski definition) is 2. The van der Waals surface area contributed by atoms with E-state index in [0.717, 1.165) is 11.8 Å². The first-order valence-electron chi connectivity index (χ1n) is 9.16. The lowest BCUT2D eigenvalue weighted by Crippen LogP contribution is -2.69. The van der Waals surface area contributed by atoms with E-state index in [1.165, 1.54) is 4.90 Å². The number of hydrogen-bond acceptors (Lipinski definition) is 6. The highest BCUT2D eigenvalue weighted by atomic mass is 35.5. The largest absolute Gasteiger partial charge is 0.349 e. The normalized spacial score (nSPS) is 22.7. The molecule has 3 heterocycles. The second-order valence-electron chi connectivity index (χ2n) is 7.16. The van der Waals surface area contributed by atoms with Crippen LogP contribution >= 0.6 is 24.2 Å². The van der Waals surface area contributed by atoms with Crippen LogP contribution in [0.4, 0.5) is 0 Å². The molecule has 0 radical (unpaired) electrons. The maximum Gasteiger partial charge on any atom is 0.254 e. The molecule has 1 spiro atoms. The van der Waals surface area contributed by atoms with Crippen molar-refractivity contribution >= 4 is 47.5 Å². The van der Waals surface area contributed by atoms with Gasteiger partial charge in [0.2, 0.25) is 11.7 Å². The zero-order valence-corrected chi connectivity index (χ0v) is 17.3. The molecule has 2 amide bonds. The summed E-state index contributed by atoms with van der Waals surface area (Å²) in [5.41, 5.74) is -0.788. The van der Waals surface area contributed by atoms with Gasteiger partial charge in [-0.3, -0.25) is 19.2 Å². The molecule has 1 saturated heterocycles. The van der Waals surface area contributed by atoms with Crippen LogP contribution in [0.5, 0.6) is 0 Å². The molecule has 1 fully saturated rings. The zero-order valence-electron chi connectivity index (χ0n) is 15.6. The first kappa shape index (κ1) is 20.4. The van der Waals surface area contributed by atoms with E-state index in [9.17, 15) is 19.2 Å². The van der Waals surface area contributed by atoms with Crippen LogP contribution in [0, 0.1) is 0 Å². The maximum atomic E-state index is 13.4. The number of imidazole rings is 1. The Hall–Kier alpha value is -2.91. The highest BCUT2D eigenvalue weighted by Crippen LogP contribution is 2.46. The molecule has 2 aliphatic heterocycles. The third-order valence-electron chi connectivity index (χ3n) is 5.45. The van der Waals surface area contributed by atoms with Gasteiger partial charge in [-0.05, 0) is 0 Å². The zero-order chi connectivity index (χ0) is 20.2. The number of piperazine rings is 1. The molecule has 30 heavy (non-hydrogen) atoms. The first-order valence-corrected chi connectivity index (χ1v) is 10.1. The van der Waals surface area contributed by atoms with Crippen molar-refractivity contribution in [2.75, 3.05) is 18.8 Å². The Morgan fingerprint density at radius 3 is 2.53 bits per heavy atom. The van der Waals surface area contributed by atoms with Crippen molar-refractivity contribution in [2.45, 2.75) is 12.0 Å². The number of aromatic nitrogens is 2. The van der Waals surface area contributed by atoms with Crippen LogP contribution in [0.3, 0.4) is 0 Å². The van der Waals surface area contributed by atoms with Crippen molar-refractivity contribution in [1.29, 1.82) is 0 Å². The lowest BCUT2D eigenvalue weighted by atomic mass is 9.78. The summed E-state index contributed by atoms with van der Waals surface area (Å²) >= 11 is 1.16. The van der Waals surface area contributed by atoms with Crippen LogP contribution in [0.1, 0.15) is 26.5 Å². The monoisotopic (exact) mass is 444 g/mol.